The molecule has 0 radical (unpaired) electrons. The lowest BCUT2D eigenvalue weighted by Gasteiger charge is -2.29. The fraction of sp³-hybridized carbons (Fsp3) is 0.417. The summed E-state index contributed by atoms with van der Waals surface area (Å²) in [5.74, 6) is 1.42. The maximum Gasteiger partial charge on any atom is 0.160 e. The van der Waals surface area contributed by atoms with Crippen LogP contribution in [-0.4, -0.2) is 33.2 Å². The van der Waals surface area contributed by atoms with Crippen LogP contribution in [0.5, 0.6) is 0 Å². The molecule has 1 aliphatic heterocycles. The molecule has 0 aliphatic carbocycles. The summed E-state index contributed by atoms with van der Waals surface area (Å²) in [5, 5.41) is 0. The third-order valence-corrected chi connectivity index (χ3v) is 5.02. The van der Waals surface area contributed by atoms with Gasteiger partial charge in [0, 0.05) is 31.6 Å². The first kappa shape index (κ1) is 23.3. The summed E-state index contributed by atoms with van der Waals surface area (Å²) in [6.07, 6.45) is 2.36. The fourth-order valence-electron chi connectivity index (χ4n) is 3.32. The Morgan fingerprint density at radius 2 is 1.61 bits per heavy atom. The number of ether oxygens (including phenoxy) is 3. The molecular formula is C24H24F4O3. The molecule has 0 bridgehead atoms. The van der Waals surface area contributed by atoms with Crippen LogP contribution in [0.4, 0.5) is 17.6 Å². The average Bonchev–Trinajstić information content (AvgIpc) is 2.75. The van der Waals surface area contributed by atoms with Crippen molar-refractivity contribution in [2.75, 3.05) is 26.9 Å². The van der Waals surface area contributed by atoms with Crippen molar-refractivity contribution in [2.45, 2.75) is 32.0 Å². The molecule has 1 heterocycles. The highest BCUT2D eigenvalue weighted by molar-refractivity contribution is 5.45. The van der Waals surface area contributed by atoms with E-state index >= 15 is 0 Å². The predicted molar refractivity (Wildman–Crippen MR) is 107 cm³/mol. The number of rotatable bonds is 7. The first-order valence-corrected chi connectivity index (χ1v) is 10.1. The number of methoxy groups -OCH3 is 1. The fourth-order valence-corrected chi connectivity index (χ4v) is 3.32. The topological polar surface area (TPSA) is 27.7 Å². The van der Waals surface area contributed by atoms with Gasteiger partial charge < -0.3 is 14.2 Å². The van der Waals surface area contributed by atoms with E-state index in [4.69, 9.17) is 14.2 Å². The molecule has 166 valence electrons. The summed E-state index contributed by atoms with van der Waals surface area (Å²) >= 11 is 0. The van der Waals surface area contributed by atoms with Gasteiger partial charge in [-0.15, -0.1) is 0 Å². The van der Waals surface area contributed by atoms with Crippen molar-refractivity contribution in [3.8, 4) is 11.8 Å². The predicted octanol–water partition coefficient (Wildman–Crippen LogP) is 4.99. The second-order valence-electron chi connectivity index (χ2n) is 7.45. The lowest BCUT2D eigenvalue weighted by Crippen LogP contribution is -2.32. The number of benzene rings is 2. The molecule has 0 unspecified atom stereocenters. The van der Waals surface area contributed by atoms with Crippen LogP contribution in [0.25, 0.3) is 0 Å². The van der Waals surface area contributed by atoms with E-state index in [-0.39, 0.29) is 5.56 Å². The lowest BCUT2D eigenvalue weighted by molar-refractivity contribution is -0.203. The molecule has 3 rings (SSSR count). The van der Waals surface area contributed by atoms with Crippen molar-refractivity contribution >= 4 is 0 Å². The lowest BCUT2D eigenvalue weighted by atomic mass is 10.0. The van der Waals surface area contributed by atoms with E-state index < -0.39 is 35.1 Å². The van der Waals surface area contributed by atoms with Crippen LogP contribution in [-0.2, 0) is 20.6 Å². The summed E-state index contributed by atoms with van der Waals surface area (Å²) in [6, 6.07) is 5.45. The molecule has 0 aromatic heterocycles. The summed E-state index contributed by atoms with van der Waals surface area (Å²) < 4.78 is 71.4. The van der Waals surface area contributed by atoms with E-state index in [2.05, 4.69) is 11.8 Å². The third-order valence-electron chi connectivity index (χ3n) is 5.02. The standard InChI is InChI=1S/C24H24F4O3/c1-29-10-2-3-18-14-30-24(31-15-18)9-6-17-12-21(26)19(22(27)13-17)7-4-16-5-8-20(25)23(28)11-16/h5,8,11-13,18,24H,2-3,6,9-10,14-15H2,1H3. The zero-order valence-electron chi connectivity index (χ0n) is 17.2. The maximum absolute atomic E-state index is 14.4. The maximum atomic E-state index is 14.4. The van der Waals surface area contributed by atoms with E-state index in [1.54, 1.807) is 7.11 Å². The summed E-state index contributed by atoms with van der Waals surface area (Å²) in [6.45, 7) is 1.89. The van der Waals surface area contributed by atoms with Gasteiger partial charge >= 0.3 is 0 Å². The van der Waals surface area contributed by atoms with Crippen LogP contribution in [0.1, 0.15) is 36.0 Å². The van der Waals surface area contributed by atoms with Gasteiger partial charge in [0.2, 0.25) is 0 Å². The minimum absolute atomic E-state index is 0.119. The number of hydrogen-bond acceptors (Lipinski definition) is 3. The van der Waals surface area contributed by atoms with Gasteiger partial charge in [-0.1, -0.05) is 11.8 Å². The van der Waals surface area contributed by atoms with Crippen LogP contribution < -0.4 is 0 Å². The summed E-state index contributed by atoms with van der Waals surface area (Å²) in [7, 11) is 1.67. The van der Waals surface area contributed by atoms with Gasteiger partial charge in [0.1, 0.15) is 11.6 Å². The van der Waals surface area contributed by atoms with Crippen LogP contribution in [0.3, 0.4) is 0 Å². The summed E-state index contributed by atoms with van der Waals surface area (Å²) in [5.41, 5.74) is 0.161. The van der Waals surface area contributed by atoms with Gasteiger partial charge in [0.15, 0.2) is 17.9 Å². The van der Waals surface area contributed by atoms with Crippen LogP contribution >= 0.6 is 0 Å². The zero-order chi connectivity index (χ0) is 22.2. The molecule has 1 saturated heterocycles. The second kappa shape index (κ2) is 11.3. The second-order valence-corrected chi connectivity index (χ2v) is 7.45. The molecule has 0 N–H and O–H groups in total. The molecule has 31 heavy (non-hydrogen) atoms. The van der Waals surface area contributed by atoms with Gasteiger partial charge in [-0.2, -0.15) is 0 Å². The van der Waals surface area contributed by atoms with Crippen molar-refractivity contribution in [2.24, 2.45) is 5.92 Å². The largest absolute Gasteiger partial charge is 0.385 e. The highest BCUT2D eigenvalue weighted by Crippen LogP contribution is 2.21. The molecule has 0 saturated carbocycles. The quantitative estimate of drug-likeness (QED) is 0.348. The van der Waals surface area contributed by atoms with E-state index in [0.717, 1.165) is 25.0 Å². The molecule has 1 aliphatic rings. The van der Waals surface area contributed by atoms with Gasteiger partial charge in [0.05, 0.1) is 18.8 Å². The Hall–Kier alpha value is -2.40. The van der Waals surface area contributed by atoms with Gasteiger partial charge in [-0.25, -0.2) is 17.6 Å². The smallest absolute Gasteiger partial charge is 0.160 e. The van der Waals surface area contributed by atoms with Crippen LogP contribution in [0, 0.1) is 41.0 Å². The minimum atomic E-state index is -1.07. The Kier molecular flexibility index (Phi) is 8.47. The zero-order valence-corrected chi connectivity index (χ0v) is 17.2. The minimum Gasteiger partial charge on any atom is -0.385 e. The van der Waals surface area contributed by atoms with Gasteiger partial charge in [-0.3, -0.25) is 0 Å². The van der Waals surface area contributed by atoms with Crippen molar-refractivity contribution in [1.82, 2.24) is 0 Å². The Labute approximate surface area is 179 Å². The van der Waals surface area contributed by atoms with E-state index in [1.165, 1.54) is 18.2 Å². The SMILES string of the molecule is COCCCC1COC(CCc2cc(F)c(C#Cc3ccc(F)c(F)c3)c(F)c2)OC1. The normalized spacial score (nSPS) is 18.5. The number of halogens is 4. The van der Waals surface area contributed by atoms with Crippen molar-refractivity contribution in [3.05, 3.63) is 70.3 Å². The van der Waals surface area contributed by atoms with Crippen LogP contribution in [0.2, 0.25) is 0 Å². The van der Waals surface area contributed by atoms with Crippen molar-refractivity contribution in [1.29, 1.82) is 0 Å². The van der Waals surface area contributed by atoms with E-state index in [1.807, 2.05) is 0 Å². The highest BCUT2D eigenvalue weighted by atomic mass is 19.2. The number of hydrogen-bond donors (Lipinski definition) is 0. The van der Waals surface area contributed by atoms with E-state index in [9.17, 15) is 17.6 Å². The molecule has 1 fully saturated rings. The Bertz CT molecular complexity index is 921. The molecule has 0 atom stereocenters. The Morgan fingerprint density at radius 3 is 2.26 bits per heavy atom. The molecule has 7 heteroatoms. The molecule has 3 nitrogen and oxygen atoms in total. The van der Waals surface area contributed by atoms with Gasteiger partial charge in [-0.05, 0) is 55.2 Å². The third kappa shape index (κ3) is 6.79. The molecule has 0 amide bonds. The number of aryl methyl sites for hydroxylation is 1. The average molecular weight is 436 g/mol. The monoisotopic (exact) mass is 436 g/mol. The Balaban J connectivity index is 1.55. The van der Waals surface area contributed by atoms with Crippen molar-refractivity contribution < 1.29 is 31.8 Å². The van der Waals surface area contributed by atoms with Crippen LogP contribution in [0.15, 0.2) is 30.3 Å². The molecule has 0 spiro atoms. The first-order valence-electron chi connectivity index (χ1n) is 10.1. The van der Waals surface area contributed by atoms with Gasteiger partial charge in [0.25, 0.3) is 0 Å². The Morgan fingerprint density at radius 1 is 0.903 bits per heavy atom. The highest BCUT2D eigenvalue weighted by Gasteiger charge is 2.22. The first-order chi connectivity index (χ1) is 15.0. The molecule has 2 aromatic carbocycles. The molecule has 2 aromatic rings. The molecular weight excluding hydrogens is 412 g/mol. The van der Waals surface area contributed by atoms with E-state index in [0.29, 0.717) is 44.1 Å². The van der Waals surface area contributed by atoms with Crippen molar-refractivity contribution in [3.63, 3.8) is 0 Å². The summed E-state index contributed by atoms with van der Waals surface area (Å²) in [4.78, 5) is 0.